The summed E-state index contributed by atoms with van der Waals surface area (Å²) in [6.07, 6.45) is 1.64. The van der Waals surface area contributed by atoms with E-state index in [1.807, 2.05) is 54.6 Å². The number of hydrogen-bond donors (Lipinski definition) is 1. The molecule has 3 nitrogen and oxygen atoms in total. The minimum absolute atomic E-state index is 0.254. The molecule has 0 aliphatic rings. The summed E-state index contributed by atoms with van der Waals surface area (Å²) in [6.45, 7) is 0. The maximum atomic E-state index is 12.1. The van der Waals surface area contributed by atoms with Gasteiger partial charge in [-0.2, -0.15) is 5.10 Å². The summed E-state index contributed by atoms with van der Waals surface area (Å²) in [5.74, 6) is -0.254. The van der Waals surface area contributed by atoms with Crippen LogP contribution in [0.5, 0.6) is 0 Å². The van der Waals surface area contributed by atoms with E-state index in [0.717, 1.165) is 23.5 Å². The van der Waals surface area contributed by atoms with Crippen molar-refractivity contribution >= 4 is 62.8 Å². The number of carbonyl (C=O) groups excluding carboxylic acids is 1. The minimum atomic E-state index is -0.254. The number of carbonyl (C=O) groups is 1. The second-order valence-corrected chi connectivity index (χ2v) is 8.67. The van der Waals surface area contributed by atoms with Crippen LogP contribution in [0.3, 0.4) is 0 Å². The molecule has 0 atom stereocenters. The van der Waals surface area contributed by atoms with E-state index in [1.54, 1.807) is 35.4 Å². The molecule has 25 heavy (non-hydrogen) atoms. The van der Waals surface area contributed by atoms with Crippen LogP contribution in [0, 0.1) is 0 Å². The number of nitrogens with one attached hydrogen (secondary N) is 1. The van der Waals surface area contributed by atoms with Crippen LogP contribution >= 0.6 is 50.6 Å². The van der Waals surface area contributed by atoms with E-state index < -0.39 is 0 Å². The first kappa shape index (κ1) is 18.2. The zero-order valence-corrected chi connectivity index (χ0v) is 16.8. The van der Waals surface area contributed by atoms with E-state index >= 15 is 0 Å². The molecule has 0 radical (unpaired) electrons. The summed E-state index contributed by atoms with van der Waals surface area (Å²) in [5.41, 5.74) is 3.09. The fourth-order valence-electron chi connectivity index (χ4n) is 1.94. The Labute approximate surface area is 167 Å². The first-order valence-electron chi connectivity index (χ1n) is 7.23. The minimum Gasteiger partial charge on any atom is -0.267 e. The summed E-state index contributed by atoms with van der Waals surface area (Å²) in [7, 11) is 0. The molecule has 0 saturated heterocycles. The van der Waals surface area contributed by atoms with Gasteiger partial charge >= 0.3 is 0 Å². The van der Waals surface area contributed by atoms with Crippen LogP contribution in [0.15, 0.2) is 79.3 Å². The van der Waals surface area contributed by atoms with Crippen molar-refractivity contribution in [3.05, 3.63) is 80.6 Å². The predicted octanol–water partition coefficient (Wildman–Crippen LogP) is 6.08. The number of rotatable bonds is 5. The quantitative estimate of drug-likeness (QED) is 0.377. The number of hydrazone groups is 1. The first-order chi connectivity index (χ1) is 12.1. The Kier molecular flexibility index (Phi) is 6.31. The van der Waals surface area contributed by atoms with Crippen LogP contribution in [0.4, 0.5) is 0 Å². The fourth-order valence-corrected chi connectivity index (χ4v) is 4.52. The number of benzene rings is 2. The standard InChI is InChI=1S/C18H12BrClN2OS2/c19-16-4-2-1-3-15(16)18(23)22-21-11-14-9-10-17(25-14)24-13-7-5-12(20)6-8-13/h1-11H,(H,22,23)/b21-11-. The van der Waals surface area contributed by atoms with Gasteiger partial charge < -0.3 is 0 Å². The maximum absolute atomic E-state index is 12.1. The number of halogens is 2. The summed E-state index contributed by atoms with van der Waals surface area (Å²) < 4.78 is 1.88. The molecule has 0 unspecified atom stereocenters. The van der Waals surface area contributed by atoms with Gasteiger partial charge in [0.25, 0.3) is 5.91 Å². The van der Waals surface area contributed by atoms with Gasteiger partial charge in [-0.3, -0.25) is 4.79 Å². The van der Waals surface area contributed by atoms with Crippen molar-refractivity contribution in [1.82, 2.24) is 5.43 Å². The van der Waals surface area contributed by atoms with Gasteiger partial charge in [-0.25, -0.2) is 5.43 Å². The third-order valence-electron chi connectivity index (χ3n) is 3.11. The van der Waals surface area contributed by atoms with E-state index in [4.69, 9.17) is 11.6 Å². The van der Waals surface area contributed by atoms with Crippen molar-refractivity contribution in [1.29, 1.82) is 0 Å². The zero-order valence-electron chi connectivity index (χ0n) is 12.8. The van der Waals surface area contributed by atoms with Crippen LogP contribution in [-0.2, 0) is 0 Å². The highest BCUT2D eigenvalue weighted by Gasteiger charge is 2.07. The highest BCUT2D eigenvalue weighted by molar-refractivity contribution is 9.10. The van der Waals surface area contributed by atoms with Gasteiger partial charge in [-0.15, -0.1) is 11.3 Å². The molecular formula is C18H12BrClN2OS2. The Balaban J connectivity index is 1.59. The Hall–Kier alpha value is -1.60. The molecule has 1 amide bonds. The van der Waals surface area contributed by atoms with Gasteiger partial charge in [-0.05, 0) is 64.5 Å². The van der Waals surface area contributed by atoms with Gasteiger partial charge in [0.1, 0.15) is 0 Å². The smallest absolute Gasteiger partial charge is 0.267 e. The van der Waals surface area contributed by atoms with Gasteiger partial charge in [0.2, 0.25) is 0 Å². The number of thiophene rings is 1. The third kappa shape index (κ3) is 5.19. The lowest BCUT2D eigenvalue weighted by atomic mass is 10.2. The first-order valence-corrected chi connectivity index (χ1v) is 10.0. The Bertz CT molecular complexity index is 909. The van der Waals surface area contributed by atoms with Gasteiger partial charge in [-0.1, -0.05) is 35.5 Å². The average Bonchev–Trinajstić information content (AvgIpc) is 3.04. The van der Waals surface area contributed by atoms with E-state index in [2.05, 4.69) is 26.5 Å². The number of nitrogens with zero attached hydrogens (tertiary/aromatic N) is 1. The highest BCUT2D eigenvalue weighted by atomic mass is 79.9. The summed E-state index contributed by atoms with van der Waals surface area (Å²) in [4.78, 5) is 14.1. The third-order valence-corrected chi connectivity index (χ3v) is 6.21. The van der Waals surface area contributed by atoms with Crippen molar-refractivity contribution in [2.45, 2.75) is 9.10 Å². The highest BCUT2D eigenvalue weighted by Crippen LogP contribution is 2.33. The van der Waals surface area contributed by atoms with E-state index in [0.29, 0.717) is 5.56 Å². The van der Waals surface area contributed by atoms with Crippen molar-refractivity contribution in [2.75, 3.05) is 0 Å². The molecule has 0 bridgehead atoms. The topological polar surface area (TPSA) is 41.5 Å². The van der Waals surface area contributed by atoms with Gasteiger partial charge in [0.15, 0.2) is 0 Å². The van der Waals surface area contributed by atoms with Crippen molar-refractivity contribution in [3.63, 3.8) is 0 Å². The Morgan fingerprint density at radius 1 is 1.12 bits per heavy atom. The van der Waals surface area contributed by atoms with Crippen molar-refractivity contribution < 1.29 is 4.79 Å². The maximum Gasteiger partial charge on any atom is 0.272 e. The van der Waals surface area contributed by atoms with Crippen molar-refractivity contribution in [3.8, 4) is 0 Å². The van der Waals surface area contributed by atoms with Gasteiger partial charge in [0.05, 0.1) is 16.0 Å². The van der Waals surface area contributed by atoms with Gasteiger partial charge in [0, 0.05) is 19.3 Å². The molecule has 0 aliphatic carbocycles. The number of hydrogen-bond acceptors (Lipinski definition) is 4. The van der Waals surface area contributed by atoms with Crippen LogP contribution in [0.25, 0.3) is 0 Å². The molecular weight excluding hydrogens is 440 g/mol. The lowest BCUT2D eigenvalue weighted by Gasteiger charge is -2.01. The largest absolute Gasteiger partial charge is 0.272 e. The second-order valence-electron chi connectivity index (χ2n) is 4.89. The molecule has 0 saturated carbocycles. The molecule has 2 aromatic carbocycles. The molecule has 0 aliphatic heterocycles. The SMILES string of the molecule is O=C(N/N=C\c1ccc(Sc2ccc(Cl)cc2)s1)c1ccccc1Br. The molecule has 1 aromatic heterocycles. The fraction of sp³-hybridized carbons (Fsp3) is 0. The average molecular weight is 452 g/mol. The van der Waals surface area contributed by atoms with Crippen LogP contribution in [0.1, 0.15) is 15.2 Å². The summed E-state index contributed by atoms with van der Waals surface area (Å²) in [5, 5.41) is 4.76. The number of amides is 1. The van der Waals surface area contributed by atoms with Crippen LogP contribution in [0.2, 0.25) is 5.02 Å². The Morgan fingerprint density at radius 3 is 2.64 bits per heavy atom. The zero-order chi connectivity index (χ0) is 17.6. The van der Waals surface area contributed by atoms with Crippen molar-refractivity contribution in [2.24, 2.45) is 5.10 Å². The molecule has 3 aromatic rings. The molecule has 0 spiro atoms. The van der Waals surface area contributed by atoms with Crippen LogP contribution < -0.4 is 5.43 Å². The molecule has 3 rings (SSSR count). The van der Waals surface area contributed by atoms with E-state index in [9.17, 15) is 4.79 Å². The lowest BCUT2D eigenvalue weighted by molar-refractivity contribution is 0.0954. The normalized spacial score (nSPS) is 11.0. The monoisotopic (exact) mass is 450 g/mol. The second kappa shape index (κ2) is 8.67. The summed E-state index contributed by atoms with van der Waals surface area (Å²) >= 11 is 12.5. The molecule has 1 N–H and O–H groups in total. The molecule has 126 valence electrons. The van der Waals surface area contributed by atoms with E-state index in [-0.39, 0.29) is 5.91 Å². The lowest BCUT2D eigenvalue weighted by Crippen LogP contribution is -2.17. The molecule has 1 heterocycles. The summed E-state index contributed by atoms with van der Waals surface area (Å²) in [6, 6.07) is 18.9. The molecule has 0 fully saturated rings. The predicted molar refractivity (Wildman–Crippen MR) is 109 cm³/mol. The Morgan fingerprint density at radius 2 is 1.88 bits per heavy atom. The molecule has 7 heteroatoms. The van der Waals surface area contributed by atoms with E-state index in [1.165, 1.54) is 0 Å². The van der Waals surface area contributed by atoms with Crippen LogP contribution in [-0.4, -0.2) is 12.1 Å².